The van der Waals surface area contributed by atoms with Crippen LogP contribution in [-0.2, 0) is 5.41 Å². The van der Waals surface area contributed by atoms with Crippen LogP contribution >= 0.6 is 0 Å². The normalized spacial score (nSPS) is 16.2. The molecule has 43 heavy (non-hydrogen) atoms. The number of anilines is 2. The Morgan fingerprint density at radius 2 is 1.51 bits per heavy atom. The van der Waals surface area contributed by atoms with Crippen LogP contribution in [0.15, 0.2) is 139 Å². The first kappa shape index (κ1) is 28.7. The summed E-state index contributed by atoms with van der Waals surface area (Å²) in [4.78, 5) is 2.47. The Hall–Kier alpha value is -4.36. The lowest BCUT2D eigenvalue weighted by Gasteiger charge is -2.32. The molecule has 1 heteroatoms. The predicted molar refractivity (Wildman–Crippen MR) is 186 cm³/mol. The Bertz CT molecular complexity index is 1710. The maximum Gasteiger partial charge on any atom is 0.0464 e. The molecule has 0 aliphatic heterocycles. The number of aryl methyl sites for hydroxylation is 1. The van der Waals surface area contributed by atoms with Crippen LogP contribution in [0.1, 0.15) is 68.7 Å². The quantitative estimate of drug-likeness (QED) is 0.184. The monoisotopic (exact) mass is 561 g/mol. The fourth-order valence-corrected chi connectivity index (χ4v) is 6.55. The van der Waals surface area contributed by atoms with E-state index in [1.165, 1.54) is 68.9 Å². The summed E-state index contributed by atoms with van der Waals surface area (Å²) < 4.78 is 0. The third-order valence-electron chi connectivity index (χ3n) is 9.55. The van der Waals surface area contributed by atoms with Gasteiger partial charge in [0.2, 0.25) is 0 Å². The maximum absolute atomic E-state index is 4.69. The van der Waals surface area contributed by atoms with Crippen molar-refractivity contribution in [2.75, 3.05) is 4.90 Å². The summed E-state index contributed by atoms with van der Waals surface area (Å²) in [6, 6.07) is 35.4. The van der Waals surface area contributed by atoms with Gasteiger partial charge < -0.3 is 4.90 Å². The van der Waals surface area contributed by atoms with E-state index in [9.17, 15) is 0 Å². The molecule has 0 saturated heterocycles. The molecule has 0 N–H and O–H groups in total. The Morgan fingerprint density at radius 1 is 0.814 bits per heavy atom. The number of nitrogens with zero attached hydrogens (tertiary/aromatic N) is 1. The molecule has 0 radical (unpaired) electrons. The molecule has 0 bridgehead atoms. The van der Waals surface area contributed by atoms with Crippen molar-refractivity contribution in [1.29, 1.82) is 0 Å². The lowest BCUT2D eigenvalue weighted by molar-refractivity contribution is 0.505. The summed E-state index contributed by atoms with van der Waals surface area (Å²) in [6.45, 7) is 13.9. The molecule has 0 saturated carbocycles. The van der Waals surface area contributed by atoms with Gasteiger partial charge in [-0.3, -0.25) is 0 Å². The minimum absolute atomic E-state index is 0.0256. The van der Waals surface area contributed by atoms with Crippen molar-refractivity contribution < 1.29 is 0 Å². The first-order chi connectivity index (χ1) is 20.9. The van der Waals surface area contributed by atoms with Gasteiger partial charge in [0.25, 0.3) is 0 Å². The first-order valence-corrected chi connectivity index (χ1v) is 15.8. The number of hydrogen-bond donors (Lipinski definition) is 0. The summed E-state index contributed by atoms with van der Waals surface area (Å²) in [6.07, 6.45) is 13.9. The van der Waals surface area contributed by atoms with Crippen LogP contribution in [0.3, 0.4) is 0 Å². The third-order valence-corrected chi connectivity index (χ3v) is 9.55. The third kappa shape index (κ3) is 5.82. The van der Waals surface area contributed by atoms with Gasteiger partial charge in [-0.1, -0.05) is 124 Å². The van der Waals surface area contributed by atoms with Crippen LogP contribution in [0.4, 0.5) is 11.4 Å². The zero-order valence-corrected chi connectivity index (χ0v) is 26.1. The number of rotatable bonds is 9. The van der Waals surface area contributed by atoms with Crippen molar-refractivity contribution in [2.45, 2.75) is 58.8 Å². The highest BCUT2D eigenvalue weighted by Gasteiger charge is 2.27. The molecule has 4 aromatic rings. The number of allylic oxidation sites excluding steroid dienone is 5. The van der Waals surface area contributed by atoms with Gasteiger partial charge in [0.1, 0.15) is 0 Å². The zero-order chi connectivity index (χ0) is 30.0. The van der Waals surface area contributed by atoms with Crippen molar-refractivity contribution in [3.63, 3.8) is 0 Å². The minimum Gasteiger partial charge on any atom is -0.314 e. The van der Waals surface area contributed by atoms with E-state index >= 15 is 0 Å². The fraction of sp³-hybridized carbons (Fsp3) is 0.238. The van der Waals surface area contributed by atoms with E-state index in [2.05, 4.69) is 154 Å². The first-order valence-electron chi connectivity index (χ1n) is 15.8. The minimum atomic E-state index is 0.0256. The molecule has 2 aliphatic carbocycles. The van der Waals surface area contributed by atoms with Gasteiger partial charge in [-0.05, 0) is 107 Å². The highest BCUT2D eigenvalue weighted by atomic mass is 15.1. The molecule has 0 heterocycles. The van der Waals surface area contributed by atoms with E-state index < -0.39 is 0 Å². The summed E-state index contributed by atoms with van der Waals surface area (Å²) in [5, 5.41) is 0. The standard InChI is InChI=1S/C42H43N/c1-6-42(4,5)41-27-26-38(29-40(41)31(3)39-19-13-10-14-30(39)2)43(37-25-22-35(28-37)33-17-11-12-18-33)36-23-20-34(21-24-36)32-15-8-7-9-16-32/h7-11,13-17,19-27,29,33H,3,6,12,18,28H2,1-2,4-5H3. The highest BCUT2D eigenvalue weighted by molar-refractivity contribution is 5.85. The molecular weight excluding hydrogens is 518 g/mol. The summed E-state index contributed by atoms with van der Waals surface area (Å²) in [5.74, 6) is 0.556. The number of benzene rings is 4. The Morgan fingerprint density at radius 3 is 2.21 bits per heavy atom. The van der Waals surface area contributed by atoms with E-state index in [1.54, 1.807) is 0 Å². The molecule has 0 spiro atoms. The van der Waals surface area contributed by atoms with E-state index in [0.29, 0.717) is 5.92 Å². The molecule has 4 aromatic carbocycles. The Balaban J connectivity index is 1.45. The van der Waals surface area contributed by atoms with Crippen LogP contribution in [-0.4, -0.2) is 0 Å². The van der Waals surface area contributed by atoms with Crippen LogP contribution < -0.4 is 4.90 Å². The second kappa shape index (κ2) is 12.1. The predicted octanol–water partition coefficient (Wildman–Crippen LogP) is 11.7. The van der Waals surface area contributed by atoms with E-state index in [-0.39, 0.29) is 5.41 Å². The smallest absolute Gasteiger partial charge is 0.0464 e. The average Bonchev–Trinajstić information content (AvgIpc) is 3.75. The topological polar surface area (TPSA) is 3.24 Å². The molecule has 1 atom stereocenters. The average molecular weight is 562 g/mol. The second-order valence-corrected chi connectivity index (χ2v) is 12.7. The molecular formula is C42H43N. The molecule has 0 aromatic heterocycles. The summed E-state index contributed by atoms with van der Waals surface area (Å²) >= 11 is 0. The molecule has 1 unspecified atom stereocenters. The summed E-state index contributed by atoms with van der Waals surface area (Å²) in [7, 11) is 0. The number of hydrogen-bond acceptors (Lipinski definition) is 1. The summed E-state index contributed by atoms with van der Waals surface area (Å²) in [5.41, 5.74) is 13.8. The van der Waals surface area contributed by atoms with Gasteiger partial charge >= 0.3 is 0 Å². The van der Waals surface area contributed by atoms with Crippen molar-refractivity contribution >= 4 is 16.9 Å². The lowest BCUT2D eigenvalue weighted by atomic mass is 9.77. The van der Waals surface area contributed by atoms with Crippen LogP contribution in [0.2, 0.25) is 0 Å². The molecule has 216 valence electrons. The lowest BCUT2D eigenvalue weighted by Crippen LogP contribution is -2.20. The SMILES string of the molecule is C=C(c1ccccc1C)c1cc(N(C2=CC=C(C3C=CCC3)C2)c2ccc(-c3ccccc3)cc2)ccc1C(C)(C)CC. The van der Waals surface area contributed by atoms with Crippen LogP contribution in [0.25, 0.3) is 16.7 Å². The molecule has 1 nitrogen and oxygen atoms in total. The molecule has 6 rings (SSSR count). The van der Waals surface area contributed by atoms with Crippen LogP contribution in [0.5, 0.6) is 0 Å². The van der Waals surface area contributed by atoms with E-state index in [1.807, 2.05) is 0 Å². The van der Waals surface area contributed by atoms with Gasteiger partial charge in [-0.2, -0.15) is 0 Å². The van der Waals surface area contributed by atoms with E-state index in [4.69, 9.17) is 6.58 Å². The van der Waals surface area contributed by atoms with E-state index in [0.717, 1.165) is 18.4 Å². The van der Waals surface area contributed by atoms with Gasteiger partial charge in [0.15, 0.2) is 0 Å². The van der Waals surface area contributed by atoms with Gasteiger partial charge in [0.05, 0.1) is 0 Å². The van der Waals surface area contributed by atoms with Crippen molar-refractivity contribution in [1.82, 2.24) is 0 Å². The molecule has 2 aliphatic rings. The Kier molecular flexibility index (Phi) is 8.08. The second-order valence-electron chi connectivity index (χ2n) is 12.7. The molecule has 0 fully saturated rings. The van der Waals surface area contributed by atoms with Crippen molar-refractivity contribution in [3.8, 4) is 11.1 Å². The molecule has 0 amide bonds. The largest absolute Gasteiger partial charge is 0.314 e. The maximum atomic E-state index is 4.69. The van der Waals surface area contributed by atoms with Crippen molar-refractivity contribution in [3.05, 3.63) is 161 Å². The Labute approximate surface area is 258 Å². The van der Waals surface area contributed by atoms with Gasteiger partial charge in [0, 0.05) is 23.5 Å². The van der Waals surface area contributed by atoms with Gasteiger partial charge in [-0.25, -0.2) is 0 Å². The highest BCUT2D eigenvalue weighted by Crippen LogP contribution is 2.43. The van der Waals surface area contributed by atoms with Crippen molar-refractivity contribution in [2.24, 2.45) is 5.92 Å². The van der Waals surface area contributed by atoms with Gasteiger partial charge in [-0.15, -0.1) is 0 Å². The zero-order valence-electron chi connectivity index (χ0n) is 26.1. The fourth-order valence-electron chi connectivity index (χ4n) is 6.55. The van der Waals surface area contributed by atoms with Crippen LogP contribution in [0, 0.1) is 12.8 Å².